The van der Waals surface area contributed by atoms with E-state index in [1.807, 2.05) is 0 Å². The Kier molecular flexibility index (Phi) is 5.68. The van der Waals surface area contributed by atoms with Crippen molar-refractivity contribution in [3.8, 4) is 0 Å². The van der Waals surface area contributed by atoms with Crippen LogP contribution in [-0.4, -0.2) is 49.4 Å². The number of carbonyl (C=O) groups is 2. The third-order valence-corrected chi connectivity index (χ3v) is 3.05. The second-order valence-electron chi connectivity index (χ2n) is 4.35. The molecule has 0 saturated heterocycles. The van der Waals surface area contributed by atoms with Crippen LogP contribution < -0.4 is 10.0 Å². The van der Waals surface area contributed by atoms with Crippen molar-refractivity contribution >= 4 is 27.6 Å². The Bertz CT molecular complexity index is 611. The number of carboxylic acid groups (broad SMARTS) is 1. The second kappa shape index (κ2) is 7.04. The van der Waals surface area contributed by atoms with E-state index in [9.17, 15) is 18.0 Å². The number of anilines is 1. The molecule has 1 amide bonds. The molecule has 1 aromatic rings. The van der Waals surface area contributed by atoms with Crippen molar-refractivity contribution in [3.63, 3.8) is 0 Å². The Morgan fingerprint density at radius 3 is 2.29 bits per heavy atom. The second-order valence-corrected chi connectivity index (χ2v) is 6.10. The van der Waals surface area contributed by atoms with Gasteiger partial charge in [-0.15, -0.1) is 0 Å². The molecule has 0 unspecified atom stereocenters. The number of carboxylic acids is 1. The number of sulfonamides is 1. The van der Waals surface area contributed by atoms with Gasteiger partial charge in [-0.2, -0.15) is 0 Å². The summed E-state index contributed by atoms with van der Waals surface area (Å²) in [5.74, 6) is -1.79. The first kappa shape index (κ1) is 16.9. The highest BCUT2D eigenvalue weighted by atomic mass is 32.2. The molecule has 0 aliphatic heterocycles. The molecule has 1 rings (SSSR count). The molecule has 0 aliphatic rings. The maximum atomic E-state index is 11.7. The van der Waals surface area contributed by atoms with Gasteiger partial charge < -0.3 is 15.5 Å². The van der Waals surface area contributed by atoms with Crippen molar-refractivity contribution in [2.45, 2.75) is 12.5 Å². The van der Waals surface area contributed by atoms with Crippen LogP contribution in [-0.2, 0) is 14.8 Å². The van der Waals surface area contributed by atoms with Crippen molar-refractivity contribution in [1.82, 2.24) is 5.32 Å². The number of aliphatic hydroxyl groups is 1. The summed E-state index contributed by atoms with van der Waals surface area (Å²) in [4.78, 5) is 22.1. The fourth-order valence-electron chi connectivity index (χ4n) is 1.45. The Morgan fingerprint density at radius 2 is 1.81 bits per heavy atom. The van der Waals surface area contributed by atoms with Crippen LogP contribution in [0.5, 0.6) is 0 Å². The van der Waals surface area contributed by atoms with E-state index in [0.717, 1.165) is 6.26 Å². The zero-order valence-electron chi connectivity index (χ0n) is 11.2. The molecule has 0 fully saturated rings. The van der Waals surface area contributed by atoms with Crippen LogP contribution in [0.15, 0.2) is 24.3 Å². The van der Waals surface area contributed by atoms with Crippen LogP contribution in [0.2, 0.25) is 0 Å². The highest BCUT2D eigenvalue weighted by Gasteiger charge is 2.13. The van der Waals surface area contributed by atoms with Crippen molar-refractivity contribution in [1.29, 1.82) is 0 Å². The fraction of sp³-hybridized carbons (Fsp3) is 0.333. The molecule has 21 heavy (non-hydrogen) atoms. The quantitative estimate of drug-likeness (QED) is 0.542. The van der Waals surface area contributed by atoms with Gasteiger partial charge in [-0.25, -0.2) is 13.2 Å². The standard InChI is InChI=1S/C12H16N2O6S/c1-21(19,20)14-9-4-2-8(3-5-9)11(16)13-7-6-10(15)12(17)18/h2-5,10,14-15H,6-7H2,1H3,(H,13,16)(H,17,18)/t10-/m0/s1. The third-order valence-electron chi connectivity index (χ3n) is 2.44. The highest BCUT2D eigenvalue weighted by molar-refractivity contribution is 7.92. The molecule has 0 aromatic heterocycles. The summed E-state index contributed by atoms with van der Waals surface area (Å²) in [6.45, 7) is 0.00956. The smallest absolute Gasteiger partial charge is 0.332 e. The van der Waals surface area contributed by atoms with Gasteiger partial charge >= 0.3 is 5.97 Å². The normalized spacial score (nSPS) is 12.5. The number of aliphatic hydroxyl groups excluding tert-OH is 1. The van der Waals surface area contributed by atoms with E-state index in [1.54, 1.807) is 0 Å². The summed E-state index contributed by atoms with van der Waals surface area (Å²) in [7, 11) is -3.38. The van der Waals surface area contributed by atoms with E-state index in [2.05, 4.69) is 10.0 Å². The van der Waals surface area contributed by atoms with Crippen LogP contribution in [0, 0.1) is 0 Å². The summed E-state index contributed by atoms with van der Waals surface area (Å²) >= 11 is 0. The lowest BCUT2D eigenvalue weighted by Crippen LogP contribution is -2.30. The zero-order valence-corrected chi connectivity index (χ0v) is 12.1. The summed E-state index contributed by atoms with van der Waals surface area (Å²) in [6.07, 6.45) is -0.609. The Balaban J connectivity index is 2.54. The number of benzene rings is 1. The monoisotopic (exact) mass is 316 g/mol. The van der Waals surface area contributed by atoms with Gasteiger partial charge in [0.25, 0.3) is 5.91 Å². The Labute approximate surface area is 121 Å². The van der Waals surface area contributed by atoms with Crippen LogP contribution in [0.1, 0.15) is 16.8 Å². The summed E-state index contributed by atoms with van der Waals surface area (Å²) in [6, 6.07) is 5.72. The molecule has 0 spiro atoms. The van der Waals surface area contributed by atoms with Crippen LogP contribution in [0.25, 0.3) is 0 Å². The molecule has 4 N–H and O–H groups in total. The van der Waals surface area contributed by atoms with Gasteiger partial charge in [0.2, 0.25) is 10.0 Å². The average molecular weight is 316 g/mol. The highest BCUT2D eigenvalue weighted by Crippen LogP contribution is 2.10. The number of rotatable bonds is 7. The minimum atomic E-state index is -3.38. The largest absolute Gasteiger partial charge is 0.479 e. The fourth-order valence-corrected chi connectivity index (χ4v) is 2.02. The molecular weight excluding hydrogens is 300 g/mol. The third kappa shape index (κ3) is 6.23. The van der Waals surface area contributed by atoms with Gasteiger partial charge in [-0.05, 0) is 24.3 Å². The summed E-state index contributed by atoms with van der Waals surface area (Å²) in [5, 5.41) is 20.0. The first-order valence-electron chi connectivity index (χ1n) is 5.96. The molecule has 0 saturated carbocycles. The lowest BCUT2D eigenvalue weighted by Gasteiger charge is -2.08. The van der Waals surface area contributed by atoms with Gasteiger partial charge in [-0.3, -0.25) is 9.52 Å². The van der Waals surface area contributed by atoms with Gasteiger partial charge in [0.1, 0.15) is 0 Å². The predicted octanol–water partition coefficient (Wildman–Crippen LogP) is -0.377. The minimum Gasteiger partial charge on any atom is -0.479 e. The number of hydrogen-bond donors (Lipinski definition) is 4. The molecule has 8 nitrogen and oxygen atoms in total. The minimum absolute atomic E-state index is 0.00956. The van der Waals surface area contributed by atoms with Gasteiger partial charge in [0, 0.05) is 24.2 Å². The van der Waals surface area contributed by atoms with Crippen molar-refractivity contribution in [3.05, 3.63) is 29.8 Å². The molecule has 1 aromatic carbocycles. The van der Waals surface area contributed by atoms with E-state index >= 15 is 0 Å². The lowest BCUT2D eigenvalue weighted by molar-refractivity contribution is -0.146. The summed E-state index contributed by atoms with van der Waals surface area (Å²) < 4.78 is 24.3. The molecule has 9 heteroatoms. The van der Waals surface area contributed by atoms with Crippen molar-refractivity contribution in [2.75, 3.05) is 17.5 Å². The maximum Gasteiger partial charge on any atom is 0.332 e. The zero-order chi connectivity index (χ0) is 16.0. The van der Waals surface area contributed by atoms with Gasteiger partial charge in [0.05, 0.1) is 6.26 Å². The van der Waals surface area contributed by atoms with Crippen LogP contribution in [0.4, 0.5) is 5.69 Å². The number of hydrogen-bond acceptors (Lipinski definition) is 5. The van der Waals surface area contributed by atoms with Crippen LogP contribution >= 0.6 is 0 Å². The van der Waals surface area contributed by atoms with Gasteiger partial charge in [-0.1, -0.05) is 0 Å². The topological polar surface area (TPSA) is 133 Å². The molecule has 0 bridgehead atoms. The molecule has 0 aliphatic carbocycles. The van der Waals surface area contributed by atoms with E-state index in [-0.39, 0.29) is 13.0 Å². The first-order valence-corrected chi connectivity index (χ1v) is 7.85. The van der Waals surface area contributed by atoms with Crippen LogP contribution in [0.3, 0.4) is 0 Å². The van der Waals surface area contributed by atoms with Gasteiger partial charge in [0.15, 0.2) is 6.10 Å². The van der Waals surface area contributed by atoms with Crippen molar-refractivity contribution in [2.24, 2.45) is 0 Å². The van der Waals surface area contributed by atoms with Crippen molar-refractivity contribution < 1.29 is 28.2 Å². The lowest BCUT2D eigenvalue weighted by atomic mass is 10.2. The molecule has 0 heterocycles. The predicted molar refractivity (Wildman–Crippen MR) is 75.5 cm³/mol. The van der Waals surface area contributed by atoms with E-state index < -0.39 is 28.0 Å². The van der Waals surface area contributed by atoms with E-state index in [1.165, 1.54) is 24.3 Å². The van der Waals surface area contributed by atoms with E-state index in [4.69, 9.17) is 10.2 Å². The summed E-state index contributed by atoms with van der Waals surface area (Å²) in [5.41, 5.74) is 0.620. The Morgan fingerprint density at radius 1 is 1.24 bits per heavy atom. The number of amides is 1. The SMILES string of the molecule is CS(=O)(=O)Nc1ccc(C(=O)NCC[C@H](O)C(=O)O)cc1. The average Bonchev–Trinajstić information content (AvgIpc) is 2.37. The maximum absolute atomic E-state index is 11.7. The van der Waals surface area contributed by atoms with E-state index in [0.29, 0.717) is 11.3 Å². The first-order chi connectivity index (χ1) is 9.69. The number of nitrogens with one attached hydrogen (secondary N) is 2. The Hall–Kier alpha value is -2.13. The molecule has 1 atom stereocenters. The molecule has 116 valence electrons. The molecule has 0 radical (unpaired) electrons. The number of aliphatic carboxylic acids is 1. The number of carbonyl (C=O) groups excluding carboxylic acids is 1. The molecular formula is C12H16N2O6S.